The first-order chi connectivity index (χ1) is 15.4. The van der Waals surface area contributed by atoms with Crippen molar-refractivity contribution in [1.29, 1.82) is 0 Å². The highest BCUT2D eigenvalue weighted by atomic mass is 32.2. The monoisotopic (exact) mass is 443 g/mol. The molecular weight excluding hydrogens is 422 g/mol. The second kappa shape index (κ2) is 7.65. The van der Waals surface area contributed by atoms with E-state index in [0.717, 1.165) is 37.5 Å². The number of benzene rings is 2. The largest absolute Gasteiger partial charge is 0.378 e. The van der Waals surface area contributed by atoms with Gasteiger partial charge >= 0.3 is 0 Å². The Morgan fingerprint density at radius 3 is 2.38 bits per heavy atom. The molecule has 0 aliphatic carbocycles. The molecule has 0 bridgehead atoms. The lowest BCUT2D eigenvalue weighted by atomic mass is 10.0. The van der Waals surface area contributed by atoms with Crippen molar-refractivity contribution in [2.24, 2.45) is 0 Å². The van der Waals surface area contributed by atoms with Gasteiger partial charge in [0.15, 0.2) is 0 Å². The summed E-state index contributed by atoms with van der Waals surface area (Å²) in [6, 6.07) is 18.6. The van der Waals surface area contributed by atoms with Crippen molar-refractivity contribution < 1.29 is 8.42 Å². The van der Waals surface area contributed by atoms with Crippen LogP contribution < -0.4 is 4.90 Å². The highest BCUT2D eigenvalue weighted by molar-refractivity contribution is 7.89. The van der Waals surface area contributed by atoms with Crippen LogP contribution in [0, 0.1) is 0 Å². The van der Waals surface area contributed by atoms with E-state index in [4.69, 9.17) is 0 Å². The van der Waals surface area contributed by atoms with Crippen molar-refractivity contribution >= 4 is 26.7 Å². The Balaban J connectivity index is 1.54. The van der Waals surface area contributed by atoms with Gasteiger partial charge in [0, 0.05) is 54.3 Å². The zero-order valence-electron chi connectivity index (χ0n) is 17.6. The van der Waals surface area contributed by atoms with Gasteiger partial charge in [-0.25, -0.2) is 4.98 Å². The molecule has 0 atom stereocenters. The lowest BCUT2D eigenvalue weighted by Crippen LogP contribution is -2.13. The highest BCUT2D eigenvalue weighted by Gasteiger charge is 2.19. The van der Waals surface area contributed by atoms with Crippen LogP contribution in [0.15, 0.2) is 90.3 Å². The molecular formula is C24H21N5O2S. The lowest BCUT2D eigenvalue weighted by Gasteiger charge is -2.12. The fourth-order valence-electron chi connectivity index (χ4n) is 3.63. The predicted octanol–water partition coefficient (Wildman–Crippen LogP) is 4.40. The first-order valence-corrected chi connectivity index (χ1v) is 11.5. The summed E-state index contributed by atoms with van der Waals surface area (Å²) < 4.78 is 26.8. The van der Waals surface area contributed by atoms with Crippen LogP contribution in [0.5, 0.6) is 0 Å². The quantitative estimate of drug-likeness (QED) is 0.435. The second-order valence-corrected chi connectivity index (χ2v) is 9.48. The predicted molar refractivity (Wildman–Crippen MR) is 126 cm³/mol. The maximum atomic E-state index is 12.9. The maximum absolute atomic E-state index is 12.9. The molecule has 0 saturated carbocycles. The van der Waals surface area contributed by atoms with Crippen molar-refractivity contribution in [2.45, 2.75) is 4.90 Å². The van der Waals surface area contributed by atoms with Crippen LogP contribution in [-0.4, -0.2) is 41.7 Å². The van der Waals surface area contributed by atoms with E-state index in [0.29, 0.717) is 5.56 Å². The highest BCUT2D eigenvalue weighted by Crippen LogP contribution is 2.31. The summed E-state index contributed by atoms with van der Waals surface area (Å²) in [5, 5.41) is 5.02. The summed E-state index contributed by atoms with van der Waals surface area (Å²) in [7, 11) is 0.265. The molecule has 5 rings (SSSR count). The van der Waals surface area contributed by atoms with Crippen molar-refractivity contribution in [3.05, 3.63) is 85.5 Å². The Kier molecular flexibility index (Phi) is 4.79. The molecule has 1 N–H and O–H groups in total. The summed E-state index contributed by atoms with van der Waals surface area (Å²) in [4.78, 5) is 9.96. The first kappa shape index (κ1) is 20.0. The van der Waals surface area contributed by atoms with E-state index in [1.807, 2.05) is 26.5 Å². The smallest absolute Gasteiger partial charge is 0.282 e. The molecule has 0 aliphatic heterocycles. The zero-order valence-corrected chi connectivity index (χ0v) is 18.4. The number of H-pyrrole nitrogens is 1. The number of nitrogens with zero attached hydrogens (tertiary/aromatic N) is 4. The minimum Gasteiger partial charge on any atom is -0.378 e. The van der Waals surface area contributed by atoms with Crippen molar-refractivity contribution in [3.63, 3.8) is 0 Å². The van der Waals surface area contributed by atoms with E-state index < -0.39 is 10.0 Å². The first-order valence-electron chi connectivity index (χ1n) is 10.0. The van der Waals surface area contributed by atoms with Crippen molar-refractivity contribution in [2.75, 3.05) is 19.0 Å². The average molecular weight is 444 g/mol. The number of rotatable bonds is 5. The standard InChI is InChI=1S/C24H21N5O2S/c1-28(2)20-10-8-17(9-11-20)18-12-22-23(15-26-24(22)25-13-18)19-14-27-29(16-19)32(30,31)21-6-4-3-5-7-21/h3-16H,1-2H3,(H,25,26). The summed E-state index contributed by atoms with van der Waals surface area (Å²) in [6.45, 7) is 0. The Labute approximate surface area is 186 Å². The molecule has 3 aromatic heterocycles. The average Bonchev–Trinajstić information content (AvgIpc) is 3.47. The number of nitrogens with one attached hydrogen (secondary N) is 1. The van der Waals surface area contributed by atoms with E-state index in [9.17, 15) is 8.42 Å². The van der Waals surface area contributed by atoms with Crippen LogP contribution in [0.1, 0.15) is 0 Å². The number of pyridine rings is 1. The van der Waals surface area contributed by atoms with Crippen molar-refractivity contribution in [3.8, 4) is 22.3 Å². The van der Waals surface area contributed by atoms with Crippen LogP contribution in [0.3, 0.4) is 0 Å². The summed E-state index contributed by atoms with van der Waals surface area (Å²) in [5.41, 5.74) is 5.42. The summed E-state index contributed by atoms with van der Waals surface area (Å²) >= 11 is 0. The zero-order chi connectivity index (χ0) is 22.3. The second-order valence-electron chi connectivity index (χ2n) is 7.68. The third kappa shape index (κ3) is 3.44. The molecule has 0 spiro atoms. The number of anilines is 1. The number of hydrogen-bond donors (Lipinski definition) is 1. The number of aromatic amines is 1. The van der Waals surface area contributed by atoms with Crippen LogP contribution in [0.2, 0.25) is 0 Å². The molecule has 0 fully saturated rings. The van der Waals surface area contributed by atoms with Gasteiger partial charge in [-0.15, -0.1) is 0 Å². The molecule has 5 aromatic rings. The number of fused-ring (bicyclic) bond motifs is 1. The van der Waals surface area contributed by atoms with E-state index in [-0.39, 0.29) is 4.90 Å². The minimum atomic E-state index is -3.75. The van der Waals surface area contributed by atoms with Crippen LogP contribution in [-0.2, 0) is 10.0 Å². The van der Waals surface area contributed by atoms with Gasteiger partial charge in [0.25, 0.3) is 10.0 Å². The molecule has 32 heavy (non-hydrogen) atoms. The maximum Gasteiger partial charge on any atom is 0.282 e. The van der Waals surface area contributed by atoms with Gasteiger partial charge in [-0.2, -0.15) is 17.6 Å². The van der Waals surface area contributed by atoms with Crippen LogP contribution in [0.25, 0.3) is 33.3 Å². The van der Waals surface area contributed by atoms with Crippen molar-refractivity contribution in [1.82, 2.24) is 19.2 Å². The molecule has 0 saturated heterocycles. The third-order valence-electron chi connectivity index (χ3n) is 5.41. The summed E-state index contributed by atoms with van der Waals surface area (Å²) in [6.07, 6.45) is 6.74. The van der Waals surface area contributed by atoms with Crippen LogP contribution >= 0.6 is 0 Å². The Hall–Kier alpha value is -3.91. The SMILES string of the molecule is CN(C)c1ccc(-c2cnc3[nH]cc(-c4cnn(S(=O)(=O)c5ccccc5)c4)c3c2)cc1. The summed E-state index contributed by atoms with van der Waals surface area (Å²) in [5.74, 6) is 0. The molecule has 3 heterocycles. The van der Waals surface area contributed by atoms with Gasteiger partial charge in [-0.05, 0) is 35.9 Å². The van der Waals surface area contributed by atoms with E-state index >= 15 is 0 Å². The third-order valence-corrected chi connectivity index (χ3v) is 6.97. The number of hydrogen-bond acceptors (Lipinski definition) is 5. The molecule has 7 nitrogen and oxygen atoms in total. The van der Waals surface area contributed by atoms with Gasteiger partial charge in [-0.3, -0.25) is 0 Å². The Bertz CT molecular complexity index is 1500. The normalized spacial score (nSPS) is 11.7. The van der Waals surface area contributed by atoms with Gasteiger partial charge in [0.1, 0.15) is 5.65 Å². The molecule has 8 heteroatoms. The van der Waals surface area contributed by atoms with E-state index in [1.165, 1.54) is 6.20 Å². The fraction of sp³-hybridized carbons (Fsp3) is 0.0833. The van der Waals surface area contributed by atoms with Gasteiger partial charge < -0.3 is 9.88 Å². The van der Waals surface area contributed by atoms with Gasteiger partial charge in [0.2, 0.25) is 0 Å². The van der Waals surface area contributed by atoms with Gasteiger partial charge in [0.05, 0.1) is 17.3 Å². The molecule has 0 radical (unpaired) electrons. The molecule has 0 unspecified atom stereocenters. The molecule has 0 amide bonds. The Morgan fingerprint density at radius 2 is 1.66 bits per heavy atom. The molecule has 2 aromatic carbocycles. The number of aromatic nitrogens is 4. The van der Waals surface area contributed by atoms with E-state index in [1.54, 1.807) is 36.5 Å². The topological polar surface area (TPSA) is 83.9 Å². The molecule has 0 aliphatic rings. The van der Waals surface area contributed by atoms with E-state index in [2.05, 4.69) is 50.3 Å². The fourth-order valence-corrected chi connectivity index (χ4v) is 4.77. The van der Waals surface area contributed by atoms with Crippen LogP contribution in [0.4, 0.5) is 5.69 Å². The molecule has 160 valence electrons. The minimum absolute atomic E-state index is 0.193. The Morgan fingerprint density at radius 1 is 0.906 bits per heavy atom. The lowest BCUT2D eigenvalue weighted by molar-refractivity contribution is 0.580. The van der Waals surface area contributed by atoms with Gasteiger partial charge in [-0.1, -0.05) is 30.3 Å².